The summed E-state index contributed by atoms with van der Waals surface area (Å²) < 4.78 is 34.2. The number of aromatic nitrogens is 3. The highest BCUT2D eigenvalue weighted by atomic mass is 19.3. The van der Waals surface area contributed by atoms with Gasteiger partial charge in [-0.1, -0.05) is 24.3 Å². The number of aromatic amines is 1. The quantitative estimate of drug-likeness (QED) is 0.225. The van der Waals surface area contributed by atoms with E-state index >= 15 is 0 Å². The highest BCUT2D eigenvalue weighted by Gasteiger charge is 2.50. The number of carbonyl (C=O) groups is 3. The third-order valence-corrected chi connectivity index (χ3v) is 15.5. The lowest BCUT2D eigenvalue weighted by atomic mass is 9.57. The predicted octanol–water partition coefficient (Wildman–Crippen LogP) is 5.74. The van der Waals surface area contributed by atoms with Crippen LogP contribution in [0.25, 0.3) is 10.9 Å². The average Bonchev–Trinajstić information content (AvgIpc) is 3.90. The number of rotatable bonds is 7. The lowest BCUT2D eigenvalue weighted by molar-refractivity contribution is -0.136. The topological polar surface area (TPSA) is 127 Å². The molecule has 7 aliphatic rings. The van der Waals surface area contributed by atoms with E-state index in [1.165, 1.54) is 24.0 Å². The molecule has 2 aromatic carbocycles. The molecule has 2 N–H and O–H groups in total. The van der Waals surface area contributed by atoms with Crippen molar-refractivity contribution in [1.82, 2.24) is 35.0 Å². The minimum atomic E-state index is -2.44. The molecule has 3 amide bonds. The van der Waals surface area contributed by atoms with E-state index in [0.29, 0.717) is 48.8 Å². The normalized spacial score (nSPS) is 26.4. The van der Waals surface area contributed by atoms with Gasteiger partial charge in [-0.15, -0.1) is 0 Å². The van der Waals surface area contributed by atoms with Gasteiger partial charge in [0, 0.05) is 88.8 Å². The molecule has 0 radical (unpaired) electrons. The molecular formula is C46H52F2N8O4. The molecule has 14 heteroatoms. The Bertz CT molecular complexity index is 2360. The van der Waals surface area contributed by atoms with E-state index in [1.54, 1.807) is 4.90 Å². The predicted molar refractivity (Wildman–Crippen MR) is 220 cm³/mol. The van der Waals surface area contributed by atoms with E-state index in [0.717, 1.165) is 91.9 Å². The first-order valence-corrected chi connectivity index (χ1v) is 21.9. The highest BCUT2D eigenvalue weighted by Crippen LogP contribution is 2.54. The molecule has 314 valence electrons. The van der Waals surface area contributed by atoms with Crippen molar-refractivity contribution in [3.63, 3.8) is 0 Å². The van der Waals surface area contributed by atoms with Gasteiger partial charge in [0.25, 0.3) is 12.3 Å². The van der Waals surface area contributed by atoms with Gasteiger partial charge in [-0.05, 0) is 100 Å². The van der Waals surface area contributed by atoms with E-state index in [9.17, 15) is 23.2 Å². The minimum absolute atomic E-state index is 0.0518. The molecule has 60 heavy (non-hydrogen) atoms. The second kappa shape index (κ2) is 14.3. The van der Waals surface area contributed by atoms with Crippen molar-refractivity contribution in [1.29, 1.82) is 0 Å². The number of H-pyrrole nitrogens is 1. The molecule has 3 atom stereocenters. The number of hydrogen-bond acceptors (Lipinski definition) is 9. The number of likely N-dealkylation sites (tertiary alicyclic amines) is 1. The third kappa shape index (κ3) is 6.22. The molecule has 8 heterocycles. The van der Waals surface area contributed by atoms with Crippen LogP contribution in [0.5, 0.6) is 5.75 Å². The summed E-state index contributed by atoms with van der Waals surface area (Å²) in [6.45, 7) is 7.70. The second-order valence-corrected chi connectivity index (χ2v) is 18.9. The summed E-state index contributed by atoms with van der Waals surface area (Å²) in [5.74, 6) is 1.40. The zero-order valence-corrected chi connectivity index (χ0v) is 34.1. The van der Waals surface area contributed by atoms with Crippen molar-refractivity contribution >= 4 is 34.6 Å². The Hall–Kier alpha value is -4.95. The molecular weight excluding hydrogens is 767 g/mol. The van der Waals surface area contributed by atoms with Crippen LogP contribution in [0, 0.1) is 11.3 Å². The summed E-state index contributed by atoms with van der Waals surface area (Å²) in [4.78, 5) is 59.4. The lowest BCUT2D eigenvalue weighted by Crippen LogP contribution is -2.52. The van der Waals surface area contributed by atoms with Crippen LogP contribution in [0.2, 0.25) is 0 Å². The van der Waals surface area contributed by atoms with Crippen molar-refractivity contribution in [2.24, 2.45) is 11.3 Å². The van der Waals surface area contributed by atoms with Gasteiger partial charge in [0.1, 0.15) is 11.8 Å². The fourth-order valence-electron chi connectivity index (χ4n) is 12.3. The number of imide groups is 1. The molecule has 1 aliphatic carbocycles. The zero-order chi connectivity index (χ0) is 40.9. The first-order chi connectivity index (χ1) is 29.1. The number of piperidine rings is 3. The number of nitrogens with one attached hydrogen (secondary N) is 2. The van der Waals surface area contributed by atoms with Crippen LogP contribution < -0.4 is 15.0 Å². The van der Waals surface area contributed by atoms with Gasteiger partial charge in [-0.2, -0.15) is 0 Å². The molecule has 12 nitrogen and oxygen atoms in total. The summed E-state index contributed by atoms with van der Waals surface area (Å²) in [5.41, 5.74) is 7.05. The summed E-state index contributed by atoms with van der Waals surface area (Å²) in [7, 11) is 0. The van der Waals surface area contributed by atoms with E-state index < -0.39 is 18.4 Å². The van der Waals surface area contributed by atoms with Crippen molar-refractivity contribution in [3.8, 4) is 5.75 Å². The van der Waals surface area contributed by atoms with E-state index in [2.05, 4.69) is 32.2 Å². The summed E-state index contributed by atoms with van der Waals surface area (Å²) in [6.07, 6.45) is 9.36. The average molecular weight is 819 g/mol. The maximum Gasteiger partial charge on any atom is 0.255 e. The van der Waals surface area contributed by atoms with Gasteiger partial charge >= 0.3 is 0 Å². The lowest BCUT2D eigenvalue weighted by Gasteiger charge is -2.53. The van der Waals surface area contributed by atoms with Crippen LogP contribution >= 0.6 is 0 Å². The number of anilines is 1. The highest BCUT2D eigenvalue weighted by molar-refractivity contribution is 6.05. The molecule has 2 aromatic heterocycles. The molecule has 6 aliphatic heterocycles. The molecule has 1 unspecified atom stereocenters. The number of para-hydroxylation sites is 1. The Morgan fingerprint density at radius 1 is 0.950 bits per heavy atom. The zero-order valence-electron chi connectivity index (χ0n) is 34.1. The first kappa shape index (κ1) is 38.0. The molecule has 3 saturated heterocycles. The number of carbonyl (C=O) groups excluding carboxylic acids is 3. The number of alkyl halides is 2. The Kier molecular flexibility index (Phi) is 9.07. The monoisotopic (exact) mass is 818 g/mol. The Morgan fingerprint density at radius 3 is 2.47 bits per heavy atom. The number of fused-ring (bicyclic) bond motifs is 7. The van der Waals surface area contributed by atoms with Crippen molar-refractivity contribution < 1.29 is 27.9 Å². The van der Waals surface area contributed by atoms with Crippen LogP contribution in [0.15, 0.2) is 48.8 Å². The van der Waals surface area contributed by atoms with Crippen LogP contribution in [-0.2, 0) is 28.0 Å². The van der Waals surface area contributed by atoms with Gasteiger partial charge in [0.15, 0.2) is 0 Å². The van der Waals surface area contributed by atoms with E-state index in [1.807, 2.05) is 48.5 Å². The number of ether oxygens (including phenoxy) is 1. The van der Waals surface area contributed by atoms with Crippen LogP contribution in [0.4, 0.5) is 14.7 Å². The molecule has 4 fully saturated rings. The van der Waals surface area contributed by atoms with Gasteiger partial charge in [-0.25, -0.2) is 18.7 Å². The number of hydrogen-bond donors (Lipinski definition) is 2. The van der Waals surface area contributed by atoms with Crippen LogP contribution in [-0.4, -0.2) is 112 Å². The van der Waals surface area contributed by atoms with Gasteiger partial charge in [0.05, 0.1) is 25.7 Å². The van der Waals surface area contributed by atoms with E-state index in [-0.39, 0.29) is 42.3 Å². The number of benzene rings is 2. The largest absolute Gasteiger partial charge is 0.492 e. The first-order valence-electron chi connectivity index (χ1n) is 21.9. The molecule has 11 rings (SSSR count). The second-order valence-electron chi connectivity index (χ2n) is 18.9. The van der Waals surface area contributed by atoms with Gasteiger partial charge in [0.2, 0.25) is 17.8 Å². The summed E-state index contributed by atoms with van der Waals surface area (Å²) >= 11 is 0. The van der Waals surface area contributed by atoms with Crippen molar-refractivity contribution in [2.75, 3.05) is 50.8 Å². The third-order valence-electron chi connectivity index (χ3n) is 15.5. The van der Waals surface area contributed by atoms with Gasteiger partial charge < -0.3 is 24.4 Å². The van der Waals surface area contributed by atoms with Crippen molar-refractivity contribution in [3.05, 3.63) is 82.3 Å². The van der Waals surface area contributed by atoms with Crippen molar-refractivity contribution in [2.45, 2.75) is 101 Å². The molecule has 0 bridgehead atoms. The molecule has 4 aromatic rings. The van der Waals surface area contributed by atoms with E-state index in [4.69, 9.17) is 14.7 Å². The Morgan fingerprint density at radius 2 is 1.72 bits per heavy atom. The molecule has 2 spiro atoms. The maximum atomic E-state index is 13.9. The standard InChI is InChI=1S/C46H52F2N8O4/c1-27-18-32-30-4-2-3-5-35(30)51-39(32)40(55(27)25-37(47)48)29-21-49-44(50-22-29)54-16-10-45(11-17-54)19-28(20-45)23-53-14-12-46(13-15-53)26-60-41-33-24-56(36-8-9-38(57)52-42(36)58)43(59)31(33)6-7-34(41)46/h2-7,21-22,27-28,36-37,40,51H,8-20,23-26H2,1H3,(H,52,57,58)/t27-,36?,40-/m1/s1. The fourth-order valence-corrected chi connectivity index (χ4v) is 12.3. The number of halogens is 2. The summed E-state index contributed by atoms with van der Waals surface area (Å²) in [5, 5.41) is 3.55. The Labute approximate surface area is 348 Å². The Balaban J connectivity index is 0.688. The fraction of sp³-hybridized carbons (Fsp3) is 0.543. The summed E-state index contributed by atoms with van der Waals surface area (Å²) in [6, 6.07) is 11.2. The minimum Gasteiger partial charge on any atom is -0.492 e. The maximum absolute atomic E-state index is 13.9. The smallest absolute Gasteiger partial charge is 0.255 e. The van der Waals surface area contributed by atoms with Gasteiger partial charge in [-0.3, -0.25) is 24.6 Å². The number of amides is 3. The van der Waals surface area contributed by atoms with Crippen LogP contribution in [0.3, 0.4) is 0 Å². The number of nitrogens with zero attached hydrogens (tertiary/aromatic N) is 6. The molecule has 1 saturated carbocycles. The van der Waals surface area contributed by atoms with Crippen LogP contribution in [0.1, 0.15) is 103 Å². The SMILES string of the molecule is C[C@@H]1Cc2c([nH]c3ccccc23)[C@@H](c2cnc(N3CCC4(CC3)CC(CN3CCC5(CC3)COc3c5ccc5c3CN(C3CCC(=O)NC3=O)C5=O)C4)nc2)N1CC(F)F.